The van der Waals surface area contributed by atoms with Gasteiger partial charge in [-0.25, -0.2) is 0 Å². The average Bonchev–Trinajstić information content (AvgIpc) is 2.46. The van der Waals surface area contributed by atoms with E-state index < -0.39 is 0 Å². The molecule has 1 unspecified atom stereocenters. The molecule has 1 fully saturated rings. The zero-order chi connectivity index (χ0) is 14.4. The number of nitrogens with zero attached hydrogens (tertiary/aromatic N) is 1. The van der Waals surface area contributed by atoms with E-state index in [1.54, 1.807) is 4.90 Å². The number of carbonyl (C=O) groups excluding carboxylic acids is 1. The van der Waals surface area contributed by atoms with Crippen molar-refractivity contribution in [2.45, 2.75) is 44.8 Å². The summed E-state index contributed by atoms with van der Waals surface area (Å²) in [5.41, 5.74) is 1.14. The Morgan fingerprint density at radius 3 is 3.00 bits per heavy atom. The lowest BCUT2D eigenvalue weighted by atomic mass is 10.0. The standard InChI is InChI=1S/C16H22BrNO2/c1-18(12-13-5-4-6-14(17)11-13)16(19)9-8-15-7-2-3-10-20-15/h4-6,11,15H,2-3,7-10,12H2,1H3. The maximum Gasteiger partial charge on any atom is 0.222 e. The Balaban J connectivity index is 1.76. The summed E-state index contributed by atoms with van der Waals surface area (Å²) >= 11 is 3.45. The van der Waals surface area contributed by atoms with Gasteiger partial charge in [0, 0.05) is 31.1 Å². The Labute approximate surface area is 129 Å². The van der Waals surface area contributed by atoms with Crippen molar-refractivity contribution in [3.63, 3.8) is 0 Å². The lowest BCUT2D eigenvalue weighted by molar-refractivity contribution is -0.131. The molecule has 1 aromatic rings. The molecule has 0 aliphatic carbocycles. The molecule has 1 aromatic carbocycles. The van der Waals surface area contributed by atoms with E-state index in [4.69, 9.17) is 4.74 Å². The second-order valence-electron chi connectivity index (χ2n) is 5.41. The SMILES string of the molecule is CN(Cc1cccc(Br)c1)C(=O)CCC1CCCCO1. The molecule has 0 bridgehead atoms. The van der Waals surface area contributed by atoms with Crippen LogP contribution in [0.25, 0.3) is 0 Å². The van der Waals surface area contributed by atoms with E-state index in [0.717, 1.165) is 35.9 Å². The predicted octanol–water partition coefficient (Wildman–Crippen LogP) is 3.76. The predicted molar refractivity (Wildman–Crippen MR) is 83.4 cm³/mol. The number of benzene rings is 1. The van der Waals surface area contributed by atoms with Crippen LogP contribution in [0.4, 0.5) is 0 Å². The maximum atomic E-state index is 12.1. The van der Waals surface area contributed by atoms with E-state index >= 15 is 0 Å². The zero-order valence-electron chi connectivity index (χ0n) is 12.0. The van der Waals surface area contributed by atoms with Gasteiger partial charge in [0.1, 0.15) is 0 Å². The number of ether oxygens (including phenoxy) is 1. The smallest absolute Gasteiger partial charge is 0.222 e. The first-order valence-corrected chi connectivity index (χ1v) is 8.04. The summed E-state index contributed by atoms with van der Waals surface area (Å²) in [5.74, 6) is 0.194. The summed E-state index contributed by atoms with van der Waals surface area (Å²) in [7, 11) is 1.87. The van der Waals surface area contributed by atoms with Crippen molar-refractivity contribution >= 4 is 21.8 Å². The minimum atomic E-state index is 0.194. The molecule has 20 heavy (non-hydrogen) atoms. The summed E-state index contributed by atoms with van der Waals surface area (Å²) in [6.07, 6.45) is 5.20. The molecule has 2 rings (SSSR count). The van der Waals surface area contributed by atoms with Gasteiger partial charge in [-0.3, -0.25) is 4.79 Å². The molecule has 1 heterocycles. The molecule has 4 heteroatoms. The number of halogens is 1. The van der Waals surface area contributed by atoms with E-state index in [1.807, 2.05) is 31.3 Å². The largest absolute Gasteiger partial charge is 0.378 e. The molecule has 3 nitrogen and oxygen atoms in total. The minimum Gasteiger partial charge on any atom is -0.378 e. The quantitative estimate of drug-likeness (QED) is 0.817. The van der Waals surface area contributed by atoms with Crippen LogP contribution in [0.1, 0.15) is 37.7 Å². The van der Waals surface area contributed by atoms with Crippen LogP contribution in [0, 0.1) is 0 Å². The van der Waals surface area contributed by atoms with Gasteiger partial charge >= 0.3 is 0 Å². The van der Waals surface area contributed by atoms with Crippen LogP contribution < -0.4 is 0 Å². The summed E-state index contributed by atoms with van der Waals surface area (Å²) in [4.78, 5) is 13.9. The molecular formula is C16H22BrNO2. The van der Waals surface area contributed by atoms with Gasteiger partial charge in [-0.1, -0.05) is 28.1 Å². The van der Waals surface area contributed by atoms with E-state index in [2.05, 4.69) is 15.9 Å². The zero-order valence-corrected chi connectivity index (χ0v) is 13.6. The topological polar surface area (TPSA) is 29.5 Å². The van der Waals surface area contributed by atoms with E-state index in [1.165, 1.54) is 6.42 Å². The molecule has 0 N–H and O–H groups in total. The lowest BCUT2D eigenvalue weighted by Crippen LogP contribution is -2.28. The van der Waals surface area contributed by atoms with Crippen molar-refractivity contribution in [1.82, 2.24) is 4.90 Å². The molecule has 0 aromatic heterocycles. The normalized spacial score (nSPS) is 18.8. The molecule has 1 aliphatic heterocycles. The summed E-state index contributed by atoms with van der Waals surface area (Å²) in [6, 6.07) is 8.08. The molecule has 1 saturated heterocycles. The highest BCUT2D eigenvalue weighted by Gasteiger charge is 2.17. The van der Waals surface area contributed by atoms with Gasteiger partial charge in [0.2, 0.25) is 5.91 Å². The fourth-order valence-electron chi connectivity index (χ4n) is 2.51. The molecular weight excluding hydrogens is 318 g/mol. The second-order valence-corrected chi connectivity index (χ2v) is 6.32. The molecule has 0 radical (unpaired) electrons. The number of hydrogen-bond acceptors (Lipinski definition) is 2. The molecule has 1 atom stereocenters. The molecule has 110 valence electrons. The number of carbonyl (C=O) groups is 1. The average molecular weight is 340 g/mol. The van der Waals surface area contributed by atoms with Gasteiger partial charge in [-0.15, -0.1) is 0 Å². The Kier molecular flexibility index (Phi) is 6.05. The van der Waals surface area contributed by atoms with Gasteiger partial charge in [0.25, 0.3) is 0 Å². The van der Waals surface area contributed by atoms with Crippen LogP contribution in [0.15, 0.2) is 28.7 Å². The Hall–Kier alpha value is -0.870. The Morgan fingerprint density at radius 1 is 1.45 bits per heavy atom. The molecule has 0 saturated carbocycles. The Morgan fingerprint density at radius 2 is 2.30 bits per heavy atom. The van der Waals surface area contributed by atoms with Crippen LogP contribution in [0.2, 0.25) is 0 Å². The Bertz CT molecular complexity index is 444. The van der Waals surface area contributed by atoms with Crippen LogP contribution in [0.5, 0.6) is 0 Å². The lowest BCUT2D eigenvalue weighted by Gasteiger charge is -2.23. The number of rotatable bonds is 5. The third kappa shape index (κ3) is 4.91. The highest BCUT2D eigenvalue weighted by molar-refractivity contribution is 9.10. The van der Waals surface area contributed by atoms with Crippen molar-refractivity contribution in [3.8, 4) is 0 Å². The van der Waals surface area contributed by atoms with Crippen molar-refractivity contribution in [1.29, 1.82) is 0 Å². The summed E-state index contributed by atoms with van der Waals surface area (Å²) in [5, 5.41) is 0. The van der Waals surface area contributed by atoms with Crippen LogP contribution in [-0.2, 0) is 16.1 Å². The summed E-state index contributed by atoms with van der Waals surface area (Å²) < 4.78 is 6.71. The van der Waals surface area contributed by atoms with Crippen molar-refractivity contribution in [2.24, 2.45) is 0 Å². The molecule has 1 aliphatic rings. The first kappa shape index (κ1) is 15.5. The number of amides is 1. The fraction of sp³-hybridized carbons (Fsp3) is 0.562. The highest BCUT2D eigenvalue weighted by Crippen LogP contribution is 2.18. The third-order valence-corrected chi connectivity index (χ3v) is 4.18. The van der Waals surface area contributed by atoms with Crippen molar-refractivity contribution < 1.29 is 9.53 Å². The highest BCUT2D eigenvalue weighted by atomic mass is 79.9. The third-order valence-electron chi connectivity index (χ3n) is 3.69. The van der Waals surface area contributed by atoms with Crippen LogP contribution in [-0.4, -0.2) is 30.6 Å². The molecule has 0 spiro atoms. The van der Waals surface area contributed by atoms with Gasteiger partial charge < -0.3 is 9.64 Å². The van der Waals surface area contributed by atoms with Gasteiger partial charge in [0.05, 0.1) is 6.10 Å². The van der Waals surface area contributed by atoms with Gasteiger partial charge in [-0.2, -0.15) is 0 Å². The maximum absolute atomic E-state index is 12.1. The van der Waals surface area contributed by atoms with Crippen molar-refractivity contribution in [3.05, 3.63) is 34.3 Å². The number of hydrogen-bond donors (Lipinski definition) is 0. The fourth-order valence-corrected chi connectivity index (χ4v) is 2.95. The minimum absolute atomic E-state index is 0.194. The van der Waals surface area contributed by atoms with E-state index in [0.29, 0.717) is 13.0 Å². The van der Waals surface area contributed by atoms with E-state index in [9.17, 15) is 4.79 Å². The first-order valence-electron chi connectivity index (χ1n) is 7.25. The summed E-state index contributed by atoms with van der Waals surface area (Å²) in [6.45, 7) is 1.51. The van der Waals surface area contributed by atoms with Crippen molar-refractivity contribution in [2.75, 3.05) is 13.7 Å². The monoisotopic (exact) mass is 339 g/mol. The van der Waals surface area contributed by atoms with Crippen LogP contribution in [0.3, 0.4) is 0 Å². The van der Waals surface area contributed by atoms with Gasteiger partial charge in [0.15, 0.2) is 0 Å². The first-order chi connectivity index (χ1) is 9.65. The van der Waals surface area contributed by atoms with E-state index in [-0.39, 0.29) is 12.0 Å². The molecule has 1 amide bonds. The van der Waals surface area contributed by atoms with Gasteiger partial charge in [-0.05, 0) is 43.4 Å². The van der Waals surface area contributed by atoms with Crippen LogP contribution >= 0.6 is 15.9 Å². The second kappa shape index (κ2) is 7.79.